The van der Waals surface area contributed by atoms with E-state index < -0.39 is 90.3 Å². The molecule has 23 heteroatoms. The first kappa shape index (κ1) is 53.6. The number of carbonyl (C=O) groups excluding carboxylic acids is 9. The van der Waals surface area contributed by atoms with Crippen molar-refractivity contribution in [1.82, 2.24) is 45.9 Å². The lowest BCUT2D eigenvalue weighted by Crippen LogP contribution is -2.52. The summed E-state index contributed by atoms with van der Waals surface area (Å²) in [7, 11) is 0. The number of aromatic nitrogens is 2. The topological polar surface area (TPSA) is 294 Å². The molecule has 0 spiro atoms. The number of benzene rings is 2. The third kappa shape index (κ3) is 10.9. The molecule has 4 aromatic rings. The van der Waals surface area contributed by atoms with E-state index in [4.69, 9.17) is 14.5 Å². The smallest absolute Gasteiger partial charge is 0.343 e. The number of rotatable bonds is 21. The Bertz CT molecular complexity index is 3200. The number of fused-ring (bicyclic) bond motifs is 5. The van der Waals surface area contributed by atoms with E-state index in [1.807, 2.05) is 0 Å². The van der Waals surface area contributed by atoms with E-state index in [-0.39, 0.29) is 87.5 Å². The summed E-state index contributed by atoms with van der Waals surface area (Å²) in [6.45, 7) is 1.78. The third-order valence-electron chi connectivity index (χ3n) is 14.9. The lowest BCUT2D eigenvalue weighted by molar-refractivity contribution is -0.172. The maximum absolute atomic E-state index is 15.5. The molecule has 2 aromatic carbocycles. The van der Waals surface area contributed by atoms with E-state index in [1.165, 1.54) is 22.8 Å². The Hall–Kier alpha value is -8.18. The van der Waals surface area contributed by atoms with Gasteiger partial charge in [-0.2, -0.15) is 0 Å². The predicted octanol–water partition coefficient (Wildman–Crippen LogP) is 0.767. The summed E-state index contributed by atoms with van der Waals surface area (Å²) in [6.07, 6.45) is 4.26. The van der Waals surface area contributed by atoms with Gasteiger partial charge in [0.25, 0.3) is 23.3 Å². The molecule has 2 unspecified atom stereocenters. The predicted molar refractivity (Wildman–Crippen MR) is 270 cm³/mol. The highest BCUT2D eigenvalue weighted by Gasteiger charge is 2.47. The molecule has 0 radical (unpaired) electrons. The third-order valence-corrected chi connectivity index (χ3v) is 14.9. The number of aryl methyl sites for hydroxylation is 1. The van der Waals surface area contributed by atoms with Crippen LogP contribution in [0.4, 0.5) is 4.39 Å². The molecule has 77 heavy (non-hydrogen) atoms. The monoisotopic (exact) mass is 1060 g/mol. The highest BCUT2D eigenvalue weighted by Crippen LogP contribution is 2.48. The highest BCUT2D eigenvalue weighted by atomic mass is 19.1. The molecular weight excluding hydrogens is 1000 g/mol. The molecule has 0 saturated carbocycles. The van der Waals surface area contributed by atoms with Crippen molar-refractivity contribution < 1.29 is 62.1 Å². The van der Waals surface area contributed by atoms with Crippen molar-refractivity contribution in [3.63, 3.8) is 0 Å². The number of nitrogens with zero attached hydrogens (tertiary/aromatic N) is 4. The molecule has 1 fully saturated rings. The minimum Gasteiger partial charge on any atom is -0.458 e. The number of cyclic esters (lactones) is 1. The summed E-state index contributed by atoms with van der Waals surface area (Å²) in [5.74, 6) is -5.51. The van der Waals surface area contributed by atoms with Gasteiger partial charge >= 0.3 is 5.97 Å². The standard InChI is InChI=1S/C54H58FN9O13/c1-3-54(75)34-21-39-49-32(26-64(39)51(72)33(34)27-76-53(54)74)48-38(14-13-31-29(2)35(55)22-36(61-49)47(31)48)62-19-17-40(52(62)73)77-28-59-43(67)24-58-50(71)37(20-30-10-6-4-7-11-30)60-44(68)25-57-42(66)23-56-41(65)12-8-5-9-18-63-45(69)15-16-46(63)70/h4,6-7,10-11,15-16,21-22,37-38,40,75H,3,5,8-9,12-14,17-20,23-28H2,1-2H3,(H,56,65)(H,57,66)(H,58,71)(H,59,67)(H,60,68)/t37?,38-,40?,54-/m0/s1. The minimum atomic E-state index is -2.05. The first-order valence-corrected chi connectivity index (χ1v) is 25.7. The molecule has 4 aliphatic heterocycles. The van der Waals surface area contributed by atoms with E-state index >= 15 is 4.39 Å². The van der Waals surface area contributed by atoms with Gasteiger partial charge in [-0.05, 0) is 67.3 Å². The fraction of sp³-hybridized carbons (Fsp3) is 0.426. The molecule has 1 saturated heterocycles. The molecule has 6 heterocycles. The van der Waals surface area contributed by atoms with Crippen molar-refractivity contribution in [2.24, 2.45) is 0 Å². The van der Waals surface area contributed by atoms with E-state index in [1.54, 1.807) is 55.1 Å². The number of unbranched alkanes of at least 4 members (excludes halogenated alkanes) is 2. The van der Waals surface area contributed by atoms with Crippen LogP contribution in [0.15, 0.2) is 59.4 Å². The summed E-state index contributed by atoms with van der Waals surface area (Å²) >= 11 is 0. The number of halogens is 1. The first-order valence-electron chi connectivity index (χ1n) is 25.7. The Labute approximate surface area is 440 Å². The number of hydrogen-bond acceptors (Lipinski definition) is 14. The number of hydrogen-bond donors (Lipinski definition) is 6. The number of carbonyl (C=O) groups is 9. The number of pyridine rings is 2. The molecular formula is C54H58FN9O13. The highest BCUT2D eigenvalue weighted by molar-refractivity contribution is 6.12. The van der Waals surface area contributed by atoms with Crippen LogP contribution in [-0.2, 0) is 84.2 Å². The van der Waals surface area contributed by atoms with Crippen LogP contribution >= 0.6 is 0 Å². The number of amides is 8. The quantitative estimate of drug-likeness (QED) is 0.0256. The molecule has 0 bridgehead atoms. The number of ether oxygens (including phenoxy) is 2. The van der Waals surface area contributed by atoms with E-state index in [2.05, 4.69) is 26.6 Å². The number of nitrogens with one attached hydrogen (secondary N) is 5. The summed E-state index contributed by atoms with van der Waals surface area (Å²) in [5.41, 5.74) is 2.15. The molecule has 4 atom stereocenters. The van der Waals surface area contributed by atoms with Gasteiger partial charge in [0.15, 0.2) is 5.60 Å². The number of esters is 1. The minimum absolute atomic E-state index is 0.0417. The van der Waals surface area contributed by atoms with Gasteiger partial charge in [0.1, 0.15) is 31.3 Å². The van der Waals surface area contributed by atoms with Gasteiger partial charge in [0, 0.05) is 67.1 Å². The van der Waals surface area contributed by atoms with Crippen LogP contribution in [0.25, 0.3) is 22.3 Å². The van der Waals surface area contributed by atoms with Crippen molar-refractivity contribution >= 4 is 64.1 Å². The van der Waals surface area contributed by atoms with E-state index in [9.17, 15) is 53.1 Å². The average Bonchev–Trinajstić information content (AvgIpc) is 4.29. The molecule has 8 amide bonds. The Morgan fingerprint density at radius 1 is 0.870 bits per heavy atom. The van der Waals surface area contributed by atoms with Gasteiger partial charge in [0.05, 0.1) is 54.7 Å². The van der Waals surface area contributed by atoms with E-state index in [0.29, 0.717) is 71.1 Å². The lowest BCUT2D eigenvalue weighted by atomic mass is 9.81. The van der Waals surface area contributed by atoms with Gasteiger partial charge in [-0.1, -0.05) is 43.7 Å². The zero-order chi connectivity index (χ0) is 54.7. The Balaban J connectivity index is 0.770. The number of likely N-dealkylation sites (tertiary alicyclic amines) is 1. The van der Waals surface area contributed by atoms with Crippen molar-refractivity contribution in [2.75, 3.05) is 39.5 Å². The largest absolute Gasteiger partial charge is 0.458 e. The van der Waals surface area contributed by atoms with Crippen LogP contribution in [0, 0.1) is 12.7 Å². The molecule has 1 aliphatic carbocycles. The zero-order valence-electron chi connectivity index (χ0n) is 42.5. The maximum Gasteiger partial charge on any atom is 0.343 e. The van der Waals surface area contributed by atoms with Gasteiger partial charge in [-0.25, -0.2) is 14.2 Å². The Morgan fingerprint density at radius 2 is 1.58 bits per heavy atom. The average molecular weight is 1060 g/mol. The summed E-state index contributed by atoms with van der Waals surface area (Å²) in [4.78, 5) is 136. The fourth-order valence-corrected chi connectivity index (χ4v) is 10.8. The second-order valence-corrected chi connectivity index (χ2v) is 19.6. The van der Waals surface area contributed by atoms with Gasteiger partial charge in [-0.3, -0.25) is 48.1 Å². The molecule has 404 valence electrons. The maximum atomic E-state index is 15.5. The fourth-order valence-electron chi connectivity index (χ4n) is 10.8. The SMILES string of the molecule is CC[C@@]1(O)C(=O)OCc2c1cc1n(c2=O)Cc2c-1nc1cc(F)c(C)c3c1c2[C@@H](N1CCC(OCNC(=O)CNC(=O)C(Cc2ccccc2)NC(=O)CNC(=O)CNC(=O)CCCCCN2C(=O)C=CC2=O)C1=O)CC3. The summed E-state index contributed by atoms with van der Waals surface area (Å²) in [5, 5.41) is 24.7. The second-order valence-electron chi connectivity index (χ2n) is 19.6. The van der Waals surface area contributed by atoms with Crippen LogP contribution < -0.4 is 32.1 Å². The molecule has 6 N–H and O–H groups in total. The van der Waals surface area contributed by atoms with Gasteiger partial charge < -0.3 is 50.6 Å². The molecule has 9 rings (SSSR count). The number of imide groups is 1. The molecule has 22 nitrogen and oxygen atoms in total. The van der Waals surface area contributed by atoms with Gasteiger partial charge in [-0.15, -0.1) is 0 Å². The van der Waals surface area contributed by atoms with Crippen LogP contribution in [-0.4, -0.2) is 129 Å². The van der Waals surface area contributed by atoms with E-state index in [0.717, 1.165) is 16.0 Å². The Kier molecular flexibility index (Phi) is 15.7. The molecule has 2 aromatic heterocycles. The van der Waals surface area contributed by atoms with Crippen LogP contribution in [0.3, 0.4) is 0 Å². The van der Waals surface area contributed by atoms with Crippen LogP contribution in [0.2, 0.25) is 0 Å². The zero-order valence-corrected chi connectivity index (χ0v) is 42.5. The first-order chi connectivity index (χ1) is 37.0. The van der Waals surface area contributed by atoms with Crippen molar-refractivity contribution in [1.29, 1.82) is 0 Å². The second kappa shape index (κ2) is 22.6. The van der Waals surface area contributed by atoms with Crippen molar-refractivity contribution in [3.8, 4) is 11.4 Å². The van der Waals surface area contributed by atoms with Crippen molar-refractivity contribution in [3.05, 3.63) is 110 Å². The van der Waals surface area contributed by atoms with Crippen LogP contribution in [0.5, 0.6) is 0 Å². The number of aliphatic hydroxyl groups is 1. The Morgan fingerprint density at radius 3 is 2.34 bits per heavy atom. The summed E-state index contributed by atoms with van der Waals surface area (Å²) < 4.78 is 28.2. The molecule has 5 aliphatic rings. The lowest BCUT2D eigenvalue weighted by Gasteiger charge is -2.35. The normalized spacial score (nSPS) is 19.4. The van der Waals surface area contributed by atoms with Crippen molar-refractivity contribution in [2.45, 2.75) is 109 Å². The van der Waals surface area contributed by atoms with Crippen LogP contribution in [0.1, 0.15) is 96.9 Å². The van der Waals surface area contributed by atoms with Gasteiger partial charge in [0.2, 0.25) is 29.5 Å². The summed E-state index contributed by atoms with van der Waals surface area (Å²) in [6, 6.07) is 10.0.